The second-order valence-corrected chi connectivity index (χ2v) is 4.45. The van der Waals surface area contributed by atoms with Crippen LogP contribution in [-0.2, 0) is 0 Å². The van der Waals surface area contributed by atoms with Crippen LogP contribution in [0.1, 0.15) is 74.8 Å². The molecule has 0 fully saturated rings. The topological polar surface area (TPSA) is 0 Å². The highest BCUT2D eigenvalue weighted by molar-refractivity contribution is 5.76. The fourth-order valence-electron chi connectivity index (χ4n) is 2.08. The van der Waals surface area contributed by atoms with Gasteiger partial charge in [-0.05, 0) is 56.1 Å². The zero-order chi connectivity index (χ0) is 20.8. The van der Waals surface area contributed by atoms with Crippen LogP contribution in [0.5, 0.6) is 0 Å². The van der Waals surface area contributed by atoms with Crippen LogP contribution in [0.25, 0.3) is 5.57 Å². The lowest BCUT2D eigenvalue weighted by Gasteiger charge is -2.07. The Morgan fingerprint density at radius 2 is 1.08 bits per heavy atom. The van der Waals surface area contributed by atoms with Gasteiger partial charge in [0, 0.05) is 0 Å². The minimum absolute atomic E-state index is 1.23. The Bertz CT molecular complexity index is 549. The van der Waals surface area contributed by atoms with Crippen molar-refractivity contribution in [1.29, 1.82) is 0 Å². The molecular formula is C26H42. The Kier molecular flexibility index (Phi) is 25.3. The van der Waals surface area contributed by atoms with Crippen LogP contribution >= 0.6 is 0 Å². The van der Waals surface area contributed by atoms with E-state index in [-0.39, 0.29) is 0 Å². The average Bonchev–Trinajstić information content (AvgIpc) is 2.74. The molecule has 0 heterocycles. The number of benzene rings is 1. The lowest BCUT2D eigenvalue weighted by molar-refractivity contribution is 1.47. The van der Waals surface area contributed by atoms with Gasteiger partial charge in [-0.3, -0.25) is 0 Å². The van der Waals surface area contributed by atoms with Gasteiger partial charge in [-0.1, -0.05) is 108 Å². The molecule has 0 aliphatic heterocycles. The quantitative estimate of drug-likeness (QED) is 0.462. The van der Waals surface area contributed by atoms with Gasteiger partial charge in [0.15, 0.2) is 0 Å². The number of hydrogen-bond donors (Lipinski definition) is 0. The van der Waals surface area contributed by atoms with E-state index < -0.39 is 0 Å². The summed E-state index contributed by atoms with van der Waals surface area (Å²) in [6, 6.07) is 10.5. The first-order valence-corrected chi connectivity index (χ1v) is 10.1. The molecule has 1 rings (SSSR count). The average molecular weight is 355 g/mol. The zero-order valence-corrected chi connectivity index (χ0v) is 18.9. The summed E-state index contributed by atoms with van der Waals surface area (Å²) in [7, 11) is 0. The minimum atomic E-state index is 1.23. The summed E-state index contributed by atoms with van der Waals surface area (Å²) in [6.07, 6.45) is 15.0. The van der Waals surface area contributed by atoms with Gasteiger partial charge in [-0.2, -0.15) is 0 Å². The standard InChI is InChI=1S/C20H24.3C2H6/c1-5-12-17(7-3)20(13-6-2)16-18(8-4)19-14-10-9-11-15-19;3*1-2/h5-16H,1-4H3;3*1-2H3/b12-5-,13-6-,17-7+,18-8+,20-16+;;;. The van der Waals surface area contributed by atoms with Gasteiger partial charge in [0.25, 0.3) is 0 Å². The third-order valence-corrected chi connectivity index (χ3v) is 3.07. The highest BCUT2D eigenvalue weighted by Gasteiger charge is 2.01. The van der Waals surface area contributed by atoms with E-state index in [1.54, 1.807) is 0 Å². The molecule has 0 spiro atoms. The Labute approximate surface area is 164 Å². The van der Waals surface area contributed by atoms with Crippen molar-refractivity contribution in [3.63, 3.8) is 0 Å². The Hall–Kier alpha value is -2.08. The monoisotopic (exact) mass is 354 g/mol. The van der Waals surface area contributed by atoms with Crippen molar-refractivity contribution in [2.75, 3.05) is 0 Å². The molecule has 0 nitrogen and oxygen atoms in total. The lowest BCUT2D eigenvalue weighted by atomic mass is 9.98. The lowest BCUT2D eigenvalue weighted by Crippen LogP contribution is -1.87. The van der Waals surface area contributed by atoms with Crippen LogP contribution in [0.2, 0.25) is 0 Å². The van der Waals surface area contributed by atoms with Crippen molar-refractivity contribution in [3.05, 3.63) is 89.6 Å². The van der Waals surface area contributed by atoms with Crippen molar-refractivity contribution in [2.24, 2.45) is 0 Å². The summed E-state index contributed by atoms with van der Waals surface area (Å²) in [4.78, 5) is 0. The van der Waals surface area contributed by atoms with Crippen LogP contribution in [0.4, 0.5) is 0 Å². The van der Waals surface area contributed by atoms with Gasteiger partial charge in [0.2, 0.25) is 0 Å². The second kappa shape index (κ2) is 22.9. The van der Waals surface area contributed by atoms with E-state index in [0.29, 0.717) is 0 Å². The van der Waals surface area contributed by atoms with Crippen molar-refractivity contribution in [3.8, 4) is 0 Å². The number of hydrogen-bond acceptors (Lipinski definition) is 0. The molecule has 0 heteroatoms. The molecule has 0 saturated carbocycles. The maximum atomic E-state index is 2.24. The van der Waals surface area contributed by atoms with Gasteiger partial charge >= 0.3 is 0 Å². The van der Waals surface area contributed by atoms with Crippen LogP contribution in [-0.4, -0.2) is 0 Å². The van der Waals surface area contributed by atoms with E-state index in [9.17, 15) is 0 Å². The molecule has 1 aromatic rings. The SMILES string of the molecule is CC.CC.CC.C\C=C/C(=C\C)C(/C=C\C)=C/C(=C\C)c1ccccc1. The fraction of sp³-hybridized carbons (Fsp3) is 0.385. The van der Waals surface area contributed by atoms with Crippen molar-refractivity contribution in [1.82, 2.24) is 0 Å². The van der Waals surface area contributed by atoms with Crippen molar-refractivity contribution >= 4 is 5.57 Å². The largest absolute Gasteiger partial charge is 0.0871 e. The second-order valence-electron chi connectivity index (χ2n) is 4.45. The molecule has 0 bridgehead atoms. The molecule has 1 aromatic carbocycles. The smallest absolute Gasteiger partial charge is 0.0185 e. The van der Waals surface area contributed by atoms with E-state index in [2.05, 4.69) is 87.6 Å². The van der Waals surface area contributed by atoms with Gasteiger partial charge in [-0.15, -0.1) is 0 Å². The normalized spacial score (nSPS) is 11.8. The van der Waals surface area contributed by atoms with Gasteiger partial charge in [0.1, 0.15) is 0 Å². The molecule has 0 aliphatic carbocycles. The van der Waals surface area contributed by atoms with E-state index in [1.165, 1.54) is 22.3 Å². The fourth-order valence-corrected chi connectivity index (χ4v) is 2.08. The predicted octanol–water partition coefficient (Wildman–Crippen LogP) is 9.19. The highest BCUT2D eigenvalue weighted by Crippen LogP contribution is 2.22. The first-order chi connectivity index (χ1) is 12.8. The maximum Gasteiger partial charge on any atom is -0.0185 e. The molecule has 0 saturated heterocycles. The van der Waals surface area contributed by atoms with Crippen LogP contribution < -0.4 is 0 Å². The third kappa shape index (κ3) is 12.3. The molecule has 0 unspecified atom stereocenters. The zero-order valence-electron chi connectivity index (χ0n) is 18.9. The molecule has 0 amide bonds. The molecule has 0 aromatic heterocycles. The van der Waals surface area contributed by atoms with E-state index in [1.807, 2.05) is 54.5 Å². The molecule has 0 atom stereocenters. The summed E-state index contributed by atoms with van der Waals surface area (Å²) in [6.45, 7) is 20.3. The number of rotatable bonds is 5. The third-order valence-electron chi connectivity index (χ3n) is 3.07. The first kappa shape index (κ1) is 28.7. The minimum Gasteiger partial charge on any atom is -0.0871 e. The van der Waals surface area contributed by atoms with Crippen LogP contribution in [0.3, 0.4) is 0 Å². The summed E-state index contributed by atoms with van der Waals surface area (Å²) < 4.78 is 0. The Morgan fingerprint density at radius 1 is 0.615 bits per heavy atom. The van der Waals surface area contributed by atoms with E-state index >= 15 is 0 Å². The van der Waals surface area contributed by atoms with E-state index in [4.69, 9.17) is 0 Å². The van der Waals surface area contributed by atoms with Gasteiger partial charge in [-0.25, -0.2) is 0 Å². The molecule has 26 heavy (non-hydrogen) atoms. The predicted molar refractivity (Wildman–Crippen MR) is 126 cm³/mol. The summed E-state index contributed by atoms with van der Waals surface area (Å²) in [5.74, 6) is 0. The molecule has 146 valence electrons. The Morgan fingerprint density at radius 3 is 1.46 bits per heavy atom. The summed E-state index contributed by atoms with van der Waals surface area (Å²) in [5, 5.41) is 0. The van der Waals surface area contributed by atoms with Crippen molar-refractivity contribution in [2.45, 2.75) is 69.2 Å². The summed E-state index contributed by atoms with van der Waals surface area (Å²) in [5.41, 5.74) is 4.95. The maximum absolute atomic E-state index is 2.24. The Balaban J connectivity index is -0.000000795. The molecule has 0 radical (unpaired) electrons. The number of allylic oxidation sites excluding steroid dienone is 10. The molecule has 0 N–H and O–H groups in total. The van der Waals surface area contributed by atoms with Gasteiger partial charge < -0.3 is 0 Å². The molecule has 0 aliphatic rings. The van der Waals surface area contributed by atoms with Gasteiger partial charge in [0.05, 0.1) is 0 Å². The highest BCUT2D eigenvalue weighted by atomic mass is 14.1. The first-order valence-electron chi connectivity index (χ1n) is 10.1. The van der Waals surface area contributed by atoms with Crippen molar-refractivity contribution < 1.29 is 0 Å². The summed E-state index contributed by atoms with van der Waals surface area (Å²) >= 11 is 0. The van der Waals surface area contributed by atoms with Crippen LogP contribution in [0.15, 0.2) is 84.0 Å². The van der Waals surface area contributed by atoms with Crippen LogP contribution in [0, 0.1) is 0 Å². The molecular weight excluding hydrogens is 312 g/mol. The van der Waals surface area contributed by atoms with E-state index in [0.717, 1.165) is 0 Å².